The normalized spacial score (nSPS) is 10.2. The van der Waals surface area contributed by atoms with Crippen molar-refractivity contribution in [2.75, 3.05) is 13.1 Å². The molecule has 0 heterocycles. The van der Waals surface area contributed by atoms with Crippen LogP contribution >= 0.6 is 0 Å². The molecular weight excluding hydrogens is 274 g/mol. The quantitative estimate of drug-likeness (QED) is 0.609. The van der Waals surface area contributed by atoms with Crippen LogP contribution in [0.2, 0.25) is 0 Å². The number of hydrogen-bond donors (Lipinski definition) is 1. The monoisotopic (exact) mass is 293 g/mol. The zero-order chi connectivity index (χ0) is 16.0. The number of benzene rings is 1. The number of carbonyl (C=O) groups excluding carboxylic acids is 2. The SMILES string of the molecule is CCCCN(CC(N)=O)C(=O)c1ccc(C)c([N+](=O)[O-])c1. The Balaban J connectivity index is 3.05. The van der Waals surface area contributed by atoms with E-state index in [1.807, 2.05) is 6.92 Å². The van der Waals surface area contributed by atoms with E-state index in [2.05, 4.69) is 0 Å². The predicted octanol–water partition coefficient (Wildman–Crippen LogP) is 1.63. The second kappa shape index (κ2) is 7.37. The number of hydrogen-bond acceptors (Lipinski definition) is 4. The van der Waals surface area contributed by atoms with Crippen LogP contribution < -0.4 is 5.73 Å². The Bertz CT molecular complexity index is 557. The molecule has 0 saturated heterocycles. The number of unbranched alkanes of at least 4 members (excludes halogenated alkanes) is 1. The number of nitrogens with zero attached hydrogens (tertiary/aromatic N) is 2. The number of nitro groups is 1. The first-order chi connectivity index (χ1) is 9.86. The van der Waals surface area contributed by atoms with Gasteiger partial charge in [-0.2, -0.15) is 0 Å². The van der Waals surface area contributed by atoms with E-state index in [0.717, 1.165) is 12.8 Å². The highest BCUT2D eigenvalue weighted by Gasteiger charge is 2.20. The number of nitrogens with two attached hydrogens (primary N) is 1. The lowest BCUT2D eigenvalue weighted by Crippen LogP contribution is -2.39. The van der Waals surface area contributed by atoms with Crippen LogP contribution in [0, 0.1) is 17.0 Å². The van der Waals surface area contributed by atoms with E-state index in [-0.39, 0.29) is 17.8 Å². The van der Waals surface area contributed by atoms with Crippen LogP contribution in [0.15, 0.2) is 18.2 Å². The van der Waals surface area contributed by atoms with E-state index >= 15 is 0 Å². The minimum absolute atomic E-state index is 0.115. The number of aryl methyl sites for hydroxylation is 1. The Morgan fingerprint density at radius 1 is 1.38 bits per heavy atom. The fraction of sp³-hybridized carbons (Fsp3) is 0.429. The summed E-state index contributed by atoms with van der Waals surface area (Å²) in [5.41, 5.74) is 5.69. The summed E-state index contributed by atoms with van der Waals surface area (Å²) in [7, 11) is 0. The third-order valence-corrected chi connectivity index (χ3v) is 3.07. The third-order valence-electron chi connectivity index (χ3n) is 3.07. The summed E-state index contributed by atoms with van der Waals surface area (Å²) in [6.45, 7) is 3.76. The Morgan fingerprint density at radius 3 is 2.57 bits per heavy atom. The first-order valence-electron chi connectivity index (χ1n) is 6.69. The van der Waals surface area contributed by atoms with Gasteiger partial charge in [0, 0.05) is 23.7 Å². The van der Waals surface area contributed by atoms with Crippen molar-refractivity contribution < 1.29 is 14.5 Å². The maximum Gasteiger partial charge on any atom is 0.273 e. The van der Waals surface area contributed by atoms with Gasteiger partial charge in [-0.25, -0.2) is 0 Å². The molecule has 7 heteroatoms. The van der Waals surface area contributed by atoms with Crippen molar-refractivity contribution in [3.8, 4) is 0 Å². The zero-order valence-corrected chi connectivity index (χ0v) is 12.2. The summed E-state index contributed by atoms with van der Waals surface area (Å²) in [6.07, 6.45) is 1.59. The highest BCUT2D eigenvalue weighted by atomic mass is 16.6. The maximum absolute atomic E-state index is 12.4. The summed E-state index contributed by atoms with van der Waals surface area (Å²) in [6, 6.07) is 4.27. The van der Waals surface area contributed by atoms with Crippen LogP contribution in [0.4, 0.5) is 5.69 Å². The Morgan fingerprint density at radius 2 is 2.05 bits per heavy atom. The fourth-order valence-electron chi connectivity index (χ4n) is 1.91. The molecule has 2 amide bonds. The van der Waals surface area contributed by atoms with Gasteiger partial charge in [-0.3, -0.25) is 19.7 Å². The van der Waals surface area contributed by atoms with E-state index in [0.29, 0.717) is 12.1 Å². The van der Waals surface area contributed by atoms with Gasteiger partial charge in [-0.05, 0) is 19.4 Å². The average Bonchev–Trinajstić information content (AvgIpc) is 2.42. The molecule has 0 saturated carbocycles. The van der Waals surface area contributed by atoms with Gasteiger partial charge in [0.15, 0.2) is 0 Å². The summed E-state index contributed by atoms with van der Waals surface area (Å²) >= 11 is 0. The van der Waals surface area contributed by atoms with Crippen molar-refractivity contribution in [1.29, 1.82) is 0 Å². The molecule has 0 unspecified atom stereocenters. The molecule has 0 spiro atoms. The average molecular weight is 293 g/mol. The van der Waals surface area contributed by atoms with Crippen LogP contribution in [0.25, 0.3) is 0 Å². The number of carbonyl (C=O) groups is 2. The smallest absolute Gasteiger partial charge is 0.273 e. The number of nitro benzene ring substituents is 1. The lowest BCUT2D eigenvalue weighted by atomic mass is 10.1. The second-order valence-electron chi connectivity index (χ2n) is 4.80. The van der Waals surface area contributed by atoms with Crippen LogP contribution in [-0.2, 0) is 4.79 Å². The molecule has 0 aromatic heterocycles. The summed E-state index contributed by atoms with van der Waals surface area (Å²) in [5, 5.41) is 10.9. The summed E-state index contributed by atoms with van der Waals surface area (Å²) < 4.78 is 0. The Kier molecular flexibility index (Phi) is 5.83. The van der Waals surface area contributed by atoms with Gasteiger partial charge in [-0.1, -0.05) is 19.4 Å². The van der Waals surface area contributed by atoms with E-state index in [4.69, 9.17) is 5.73 Å². The van der Waals surface area contributed by atoms with E-state index in [1.54, 1.807) is 6.92 Å². The lowest BCUT2D eigenvalue weighted by molar-refractivity contribution is -0.385. The van der Waals surface area contributed by atoms with Gasteiger partial charge < -0.3 is 10.6 Å². The molecule has 0 fully saturated rings. The molecular formula is C14H19N3O4. The summed E-state index contributed by atoms with van der Waals surface area (Å²) in [5.74, 6) is -1.04. The molecule has 0 bridgehead atoms. The molecule has 114 valence electrons. The summed E-state index contributed by atoms with van der Waals surface area (Å²) in [4.78, 5) is 35.1. The maximum atomic E-state index is 12.4. The first kappa shape index (κ1) is 16.6. The van der Waals surface area contributed by atoms with Gasteiger partial charge in [0.1, 0.15) is 0 Å². The number of rotatable bonds is 7. The van der Waals surface area contributed by atoms with Crippen molar-refractivity contribution in [2.24, 2.45) is 5.73 Å². The van der Waals surface area contributed by atoms with Crippen molar-refractivity contribution in [2.45, 2.75) is 26.7 Å². The van der Waals surface area contributed by atoms with Gasteiger partial charge in [0.25, 0.3) is 11.6 Å². The van der Waals surface area contributed by atoms with Gasteiger partial charge >= 0.3 is 0 Å². The van der Waals surface area contributed by atoms with E-state index < -0.39 is 16.7 Å². The van der Waals surface area contributed by atoms with Crippen molar-refractivity contribution in [3.05, 3.63) is 39.4 Å². The van der Waals surface area contributed by atoms with Crippen LogP contribution in [0.3, 0.4) is 0 Å². The molecule has 21 heavy (non-hydrogen) atoms. The predicted molar refractivity (Wildman–Crippen MR) is 77.8 cm³/mol. The molecule has 1 rings (SSSR count). The van der Waals surface area contributed by atoms with Crippen molar-refractivity contribution >= 4 is 17.5 Å². The van der Waals surface area contributed by atoms with Crippen molar-refractivity contribution in [3.63, 3.8) is 0 Å². The zero-order valence-electron chi connectivity index (χ0n) is 12.2. The standard InChI is InChI=1S/C14H19N3O4/c1-3-4-7-16(9-13(15)18)14(19)11-6-5-10(2)12(8-11)17(20)21/h5-6,8H,3-4,7,9H2,1-2H3,(H2,15,18). The third kappa shape index (κ3) is 4.55. The highest BCUT2D eigenvalue weighted by molar-refractivity contribution is 5.97. The molecule has 1 aromatic carbocycles. The van der Waals surface area contributed by atoms with Gasteiger partial charge in [-0.15, -0.1) is 0 Å². The van der Waals surface area contributed by atoms with Crippen LogP contribution in [0.1, 0.15) is 35.7 Å². The lowest BCUT2D eigenvalue weighted by Gasteiger charge is -2.21. The first-order valence-corrected chi connectivity index (χ1v) is 6.69. The minimum atomic E-state index is -0.610. The topological polar surface area (TPSA) is 107 Å². The number of primary amides is 1. The Labute approximate surface area is 122 Å². The van der Waals surface area contributed by atoms with E-state index in [9.17, 15) is 19.7 Å². The second-order valence-corrected chi connectivity index (χ2v) is 4.80. The van der Waals surface area contributed by atoms with Gasteiger partial charge in [0.05, 0.1) is 11.5 Å². The largest absolute Gasteiger partial charge is 0.368 e. The molecule has 0 aliphatic heterocycles. The molecule has 0 atom stereocenters. The molecule has 0 radical (unpaired) electrons. The molecule has 1 aromatic rings. The number of amides is 2. The highest BCUT2D eigenvalue weighted by Crippen LogP contribution is 2.20. The minimum Gasteiger partial charge on any atom is -0.368 e. The van der Waals surface area contributed by atoms with Gasteiger partial charge in [0.2, 0.25) is 5.91 Å². The van der Waals surface area contributed by atoms with Crippen molar-refractivity contribution in [1.82, 2.24) is 4.90 Å². The fourth-order valence-corrected chi connectivity index (χ4v) is 1.91. The van der Waals surface area contributed by atoms with Crippen LogP contribution in [0.5, 0.6) is 0 Å². The molecule has 2 N–H and O–H groups in total. The molecule has 7 nitrogen and oxygen atoms in total. The molecule has 0 aliphatic rings. The van der Waals surface area contributed by atoms with Crippen LogP contribution in [-0.4, -0.2) is 34.7 Å². The molecule has 0 aliphatic carbocycles. The van der Waals surface area contributed by atoms with E-state index in [1.165, 1.54) is 23.1 Å². The Hall–Kier alpha value is -2.44.